The summed E-state index contributed by atoms with van der Waals surface area (Å²) in [7, 11) is 1.96. The smallest absolute Gasteiger partial charge is 0.211 e. The maximum Gasteiger partial charge on any atom is 0.211 e. The Morgan fingerprint density at radius 1 is 1.23 bits per heavy atom. The third-order valence-electron chi connectivity index (χ3n) is 3.11. The van der Waals surface area contributed by atoms with Gasteiger partial charge in [0.05, 0.1) is 20.9 Å². The van der Waals surface area contributed by atoms with E-state index < -0.39 is 0 Å². The lowest BCUT2D eigenvalue weighted by Crippen LogP contribution is -2.08. The van der Waals surface area contributed by atoms with Crippen molar-refractivity contribution in [3.63, 3.8) is 0 Å². The van der Waals surface area contributed by atoms with Crippen LogP contribution in [-0.2, 0) is 7.05 Å². The van der Waals surface area contributed by atoms with Crippen LogP contribution in [0.2, 0.25) is 0 Å². The number of benzene rings is 2. The molecule has 0 bridgehead atoms. The number of phenols is 1. The summed E-state index contributed by atoms with van der Waals surface area (Å²) in [5, 5.41) is 18.3. The van der Waals surface area contributed by atoms with Crippen molar-refractivity contribution >= 4 is 59.6 Å². The molecule has 1 aromatic heterocycles. The Bertz CT molecular complexity index is 944. The van der Waals surface area contributed by atoms with Crippen molar-refractivity contribution in [3.8, 4) is 5.75 Å². The van der Waals surface area contributed by atoms with Crippen molar-refractivity contribution in [2.75, 3.05) is 0 Å². The molecule has 1 N–H and O–H groups in total. The zero-order valence-electron chi connectivity index (χ0n) is 11.5. The van der Waals surface area contributed by atoms with Gasteiger partial charge in [0, 0.05) is 17.1 Å². The first-order valence-electron chi connectivity index (χ1n) is 6.36. The fourth-order valence-electron chi connectivity index (χ4n) is 2.00. The number of hydrogen-bond acceptors (Lipinski definition) is 4. The van der Waals surface area contributed by atoms with Crippen LogP contribution in [-0.4, -0.2) is 15.9 Å². The summed E-state index contributed by atoms with van der Waals surface area (Å²) in [4.78, 5) is 0.797. The average molecular weight is 441 g/mol. The number of halogens is 2. The van der Waals surface area contributed by atoms with Crippen LogP contribution in [0.5, 0.6) is 5.75 Å². The van der Waals surface area contributed by atoms with Gasteiger partial charge in [-0.2, -0.15) is 5.10 Å². The highest BCUT2D eigenvalue weighted by molar-refractivity contribution is 9.11. The van der Waals surface area contributed by atoms with Crippen molar-refractivity contribution in [1.29, 1.82) is 0 Å². The minimum atomic E-state index is 0.142. The number of aromatic hydroxyl groups is 1. The van der Waals surface area contributed by atoms with Crippen molar-refractivity contribution in [2.24, 2.45) is 17.3 Å². The topological polar surface area (TPSA) is 49.9 Å². The van der Waals surface area contributed by atoms with Gasteiger partial charge in [0.2, 0.25) is 4.80 Å². The third kappa shape index (κ3) is 3.02. The second-order valence-corrected chi connectivity index (χ2v) is 7.36. The Morgan fingerprint density at radius 3 is 2.77 bits per heavy atom. The van der Waals surface area contributed by atoms with E-state index in [1.165, 1.54) is 6.21 Å². The molecule has 0 saturated heterocycles. The second kappa shape index (κ2) is 6.36. The first kappa shape index (κ1) is 15.5. The van der Waals surface area contributed by atoms with Gasteiger partial charge in [0.15, 0.2) is 0 Å². The van der Waals surface area contributed by atoms with Crippen molar-refractivity contribution in [1.82, 2.24) is 4.57 Å². The minimum Gasteiger partial charge on any atom is -0.506 e. The van der Waals surface area contributed by atoms with Crippen LogP contribution < -0.4 is 4.80 Å². The molecular formula is C15H11Br2N3OS. The molecule has 22 heavy (non-hydrogen) atoms. The second-order valence-electron chi connectivity index (χ2n) is 4.58. The number of rotatable bonds is 2. The van der Waals surface area contributed by atoms with E-state index in [0.29, 0.717) is 10.0 Å². The van der Waals surface area contributed by atoms with Gasteiger partial charge in [0.25, 0.3) is 0 Å². The Balaban J connectivity index is 2.01. The Kier molecular flexibility index (Phi) is 4.46. The fourth-order valence-corrected chi connectivity index (χ4v) is 4.24. The van der Waals surface area contributed by atoms with Crippen LogP contribution in [0.15, 0.2) is 55.5 Å². The molecule has 2 aromatic carbocycles. The molecule has 3 rings (SSSR count). The molecular weight excluding hydrogens is 430 g/mol. The Morgan fingerprint density at radius 2 is 2.00 bits per heavy atom. The van der Waals surface area contributed by atoms with Crippen LogP contribution in [0, 0.1) is 0 Å². The predicted molar refractivity (Wildman–Crippen MR) is 97.5 cm³/mol. The zero-order chi connectivity index (χ0) is 15.7. The number of nitrogens with zero attached hydrogens (tertiary/aromatic N) is 3. The lowest BCUT2D eigenvalue weighted by atomic mass is 10.2. The highest BCUT2D eigenvalue weighted by Crippen LogP contribution is 2.30. The Hall–Kier alpha value is -1.44. The number of aryl methyl sites for hydroxylation is 1. The first-order chi connectivity index (χ1) is 10.6. The quantitative estimate of drug-likeness (QED) is 0.465. The number of hydrogen-bond donors (Lipinski definition) is 1. The summed E-state index contributed by atoms with van der Waals surface area (Å²) in [5.41, 5.74) is 1.71. The van der Waals surface area contributed by atoms with Gasteiger partial charge in [-0.15, -0.1) is 5.10 Å². The van der Waals surface area contributed by atoms with E-state index in [1.54, 1.807) is 23.5 Å². The molecule has 4 nitrogen and oxygen atoms in total. The number of phenolic OH excluding ortho intramolecular Hbond substituents is 1. The lowest BCUT2D eigenvalue weighted by Gasteiger charge is -2.01. The number of fused-ring (bicyclic) bond motifs is 1. The van der Waals surface area contributed by atoms with E-state index in [9.17, 15) is 5.11 Å². The zero-order valence-corrected chi connectivity index (χ0v) is 15.5. The van der Waals surface area contributed by atoms with Gasteiger partial charge in [-0.05, 0) is 40.2 Å². The fraction of sp³-hybridized carbons (Fsp3) is 0.0667. The molecule has 0 saturated carbocycles. The van der Waals surface area contributed by atoms with E-state index >= 15 is 0 Å². The molecule has 0 fully saturated rings. The van der Waals surface area contributed by atoms with Crippen LogP contribution in [0.25, 0.3) is 10.2 Å². The SMILES string of the molecule is Cn1/c(=N\N=C\c2cc(Br)cc(Br)c2O)sc2ccccc21. The van der Waals surface area contributed by atoms with Gasteiger partial charge in [-0.1, -0.05) is 39.4 Å². The van der Waals surface area contributed by atoms with E-state index in [0.717, 1.165) is 19.5 Å². The van der Waals surface area contributed by atoms with Crippen LogP contribution in [0.3, 0.4) is 0 Å². The van der Waals surface area contributed by atoms with Gasteiger partial charge in [0.1, 0.15) is 5.75 Å². The third-order valence-corrected chi connectivity index (χ3v) is 5.28. The number of aromatic nitrogens is 1. The monoisotopic (exact) mass is 439 g/mol. The number of thiazole rings is 1. The molecule has 0 spiro atoms. The summed E-state index contributed by atoms with van der Waals surface area (Å²) in [5.74, 6) is 0.142. The molecule has 7 heteroatoms. The van der Waals surface area contributed by atoms with E-state index in [4.69, 9.17) is 0 Å². The molecule has 3 aromatic rings. The molecule has 0 aliphatic rings. The highest BCUT2D eigenvalue weighted by atomic mass is 79.9. The molecule has 0 amide bonds. The minimum absolute atomic E-state index is 0.142. The van der Waals surface area contributed by atoms with Gasteiger partial charge >= 0.3 is 0 Å². The van der Waals surface area contributed by atoms with Crippen molar-refractivity contribution < 1.29 is 5.11 Å². The molecule has 0 aliphatic carbocycles. The molecule has 0 unspecified atom stereocenters. The van der Waals surface area contributed by atoms with Crippen molar-refractivity contribution in [3.05, 3.63) is 55.7 Å². The molecule has 1 heterocycles. The lowest BCUT2D eigenvalue weighted by molar-refractivity contribution is 0.471. The predicted octanol–water partition coefficient (Wildman–Crippen LogP) is 4.41. The summed E-state index contributed by atoms with van der Waals surface area (Å²) >= 11 is 8.25. The van der Waals surface area contributed by atoms with Gasteiger partial charge < -0.3 is 9.67 Å². The van der Waals surface area contributed by atoms with Crippen LogP contribution >= 0.6 is 43.2 Å². The van der Waals surface area contributed by atoms with Gasteiger partial charge in [-0.25, -0.2) is 0 Å². The molecule has 0 radical (unpaired) electrons. The van der Waals surface area contributed by atoms with Crippen LogP contribution in [0.4, 0.5) is 0 Å². The number of para-hydroxylation sites is 1. The standard InChI is InChI=1S/C15H11Br2N3OS/c1-20-12-4-2-3-5-13(12)22-15(20)19-18-8-9-6-10(16)7-11(17)14(9)21/h2-8,21H,1H3/b18-8+,19-15+. The van der Waals surface area contributed by atoms with Crippen LogP contribution in [0.1, 0.15) is 5.56 Å². The van der Waals surface area contributed by atoms with Crippen molar-refractivity contribution in [2.45, 2.75) is 0 Å². The molecule has 0 atom stereocenters. The summed E-state index contributed by atoms with van der Waals surface area (Å²) in [6.45, 7) is 0. The summed E-state index contributed by atoms with van der Waals surface area (Å²) in [6, 6.07) is 11.7. The summed E-state index contributed by atoms with van der Waals surface area (Å²) < 4.78 is 4.61. The maximum absolute atomic E-state index is 9.98. The van der Waals surface area contributed by atoms with E-state index in [2.05, 4.69) is 48.1 Å². The highest BCUT2D eigenvalue weighted by Gasteiger charge is 2.05. The Labute approximate surface area is 147 Å². The first-order valence-corrected chi connectivity index (χ1v) is 8.76. The normalized spacial score (nSPS) is 12.6. The van der Waals surface area contributed by atoms with E-state index in [-0.39, 0.29) is 5.75 Å². The largest absolute Gasteiger partial charge is 0.506 e. The maximum atomic E-state index is 9.98. The summed E-state index contributed by atoms with van der Waals surface area (Å²) in [6.07, 6.45) is 1.54. The van der Waals surface area contributed by atoms with E-state index in [1.807, 2.05) is 29.8 Å². The molecule has 112 valence electrons. The van der Waals surface area contributed by atoms with Gasteiger partial charge in [-0.3, -0.25) is 0 Å². The molecule has 0 aliphatic heterocycles. The average Bonchev–Trinajstić information content (AvgIpc) is 2.81.